The number of aromatic nitrogens is 3. The predicted octanol–water partition coefficient (Wildman–Crippen LogP) is 4.25. The van der Waals surface area contributed by atoms with E-state index in [9.17, 15) is 22.4 Å². The SMILES string of the molecule is O=C(c1ccn(-c2cc(Cc3cc(F)cc(C(F)(F)F)c3)ccn2)n1)N1CCCC1. The topological polar surface area (TPSA) is 51.0 Å². The van der Waals surface area contributed by atoms with E-state index in [2.05, 4.69) is 10.1 Å². The van der Waals surface area contributed by atoms with Crippen molar-refractivity contribution in [2.24, 2.45) is 0 Å². The molecule has 0 N–H and O–H groups in total. The van der Waals surface area contributed by atoms with E-state index in [4.69, 9.17) is 0 Å². The third-order valence-electron chi connectivity index (χ3n) is 4.94. The van der Waals surface area contributed by atoms with E-state index in [1.807, 2.05) is 0 Å². The second-order valence-corrected chi connectivity index (χ2v) is 7.19. The molecule has 3 heterocycles. The first-order valence-electron chi connectivity index (χ1n) is 9.46. The molecule has 0 radical (unpaired) electrons. The molecule has 4 rings (SSSR count). The van der Waals surface area contributed by atoms with Crippen LogP contribution >= 0.6 is 0 Å². The smallest absolute Gasteiger partial charge is 0.337 e. The number of hydrogen-bond donors (Lipinski definition) is 0. The fourth-order valence-electron chi connectivity index (χ4n) is 3.50. The van der Waals surface area contributed by atoms with Gasteiger partial charge in [-0.05, 0) is 66.8 Å². The van der Waals surface area contributed by atoms with Gasteiger partial charge in [0, 0.05) is 25.5 Å². The molecule has 0 aliphatic carbocycles. The number of amides is 1. The number of hydrogen-bond acceptors (Lipinski definition) is 3. The fraction of sp³-hybridized carbons (Fsp3) is 0.286. The number of halogens is 4. The average molecular weight is 418 g/mol. The molecule has 30 heavy (non-hydrogen) atoms. The molecule has 156 valence electrons. The van der Waals surface area contributed by atoms with E-state index in [-0.39, 0.29) is 17.9 Å². The Bertz CT molecular complexity index is 1070. The van der Waals surface area contributed by atoms with E-state index in [0.717, 1.165) is 25.0 Å². The summed E-state index contributed by atoms with van der Waals surface area (Å²) < 4.78 is 53.9. The predicted molar refractivity (Wildman–Crippen MR) is 101 cm³/mol. The molecule has 1 aliphatic rings. The van der Waals surface area contributed by atoms with Crippen molar-refractivity contribution in [3.63, 3.8) is 0 Å². The minimum Gasteiger partial charge on any atom is -0.337 e. The Labute approximate surface area is 170 Å². The Morgan fingerprint density at radius 1 is 1.03 bits per heavy atom. The largest absolute Gasteiger partial charge is 0.416 e. The first-order chi connectivity index (χ1) is 14.3. The number of rotatable bonds is 4. The van der Waals surface area contributed by atoms with Gasteiger partial charge in [0.2, 0.25) is 0 Å². The van der Waals surface area contributed by atoms with Crippen LogP contribution in [-0.2, 0) is 12.6 Å². The monoisotopic (exact) mass is 418 g/mol. The Morgan fingerprint density at radius 2 is 1.80 bits per heavy atom. The Morgan fingerprint density at radius 3 is 2.53 bits per heavy atom. The summed E-state index contributed by atoms with van der Waals surface area (Å²) in [5.41, 5.74) is 0.124. The fourth-order valence-corrected chi connectivity index (χ4v) is 3.50. The number of carbonyl (C=O) groups is 1. The number of carbonyl (C=O) groups excluding carboxylic acids is 1. The molecule has 2 aromatic heterocycles. The van der Waals surface area contributed by atoms with E-state index >= 15 is 0 Å². The standard InChI is InChI=1S/C21H18F4N4O/c22-17-11-15(10-16(13-17)21(23,24)25)9-14-3-5-26-19(12-14)29-8-4-18(27-29)20(30)28-6-1-2-7-28/h3-5,8,10-13H,1-2,6-7,9H2. The number of likely N-dealkylation sites (tertiary alicyclic amines) is 1. The van der Waals surface area contributed by atoms with Crippen LogP contribution in [0.4, 0.5) is 17.6 Å². The summed E-state index contributed by atoms with van der Waals surface area (Å²) in [6, 6.07) is 7.39. The zero-order valence-electron chi connectivity index (χ0n) is 15.9. The summed E-state index contributed by atoms with van der Waals surface area (Å²) in [6.07, 6.45) is 0.542. The van der Waals surface area contributed by atoms with Crippen LogP contribution in [0.15, 0.2) is 48.8 Å². The second kappa shape index (κ2) is 7.89. The summed E-state index contributed by atoms with van der Waals surface area (Å²) >= 11 is 0. The summed E-state index contributed by atoms with van der Waals surface area (Å²) in [7, 11) is 0. The lowest BCUT2D eigenvalue weighted by Crippen LogP contribution is -2.28. The van der Waals surface area contributed by atoms with Crippen molar-refractivity contribution in [2.75, 3.05) is 13.1 Å². The first-order valence-corrected chi connectivity index (χ1v) is 9.46. The van der Waals surface area contributed by atoms with Crippen molar-refractivity contribution < 1.29 is 22.4 Å². The molecule has 1 aliphatic heterocycles. The van der Waals surface area contributed by atoms with Gasteiger partial charge in [-0.2, -0.15) is 18.3 Å². The van der Waals surface area contributed by atoms with Crippen LogP contribution in [0, 0.1) is 5.82 Å². The van der Waals surface area contributed by atoms with Crippen molar-refractivity contribution in [1.82, 2.24) is 19.7 Å². The van der Waals surface area contributed by atoms with Gasteiger partial charge in [-0.25, -0.2) is 14.1 Å². The van der Waals surface area contributed by atoms with Crippen LogP contribution in [0.5, 0.6) is 0 Å². The van der Waals surface area contributed by atoms with E-state index in [1.54, 1.807) is 29.3 Å². The van der Waals surface area contributed by atoms with Crippen molar-refractivity contribution in [3.05, 3.63) is 77.0 Å². The zero-order valence-corrected chi connectivity index (χ0v) is 15.9. The number of benzene rings is 1. The maximum absolute atomic E-state index is 13.6. The number of nitrogens with zero attached hydrogens (tertiary/aromatic N) is 4. The third kappa shape index (κ3) is 4.34. The molecule has 1 aromatic carbocycles. The van der Waals surface area contributed by atoms with Crippen LogP contribution in [0.3, 0.4) is 0 Å². The Hall–Kier alpha value is -3.23. The van der Waals surface area contributed by atoms with Crippen LogP contribution in [0.2, 0.25) is 0 Å². The van der Waals surface area contributed by atoms with E-state index in [1.165, 1.54) is 10.9 Å². The second-order valence-electron chi connectivity index (χ2n) is 7.19. The summed E-state index contributed by atoms with van der Waals surface area (Å²) in [6.45, 7) is 1.43. The number of alkyl halides is 3. The maximum atomic E-state index is 13.6. The molecule has 0 unspecified atom stereocenters. The molecule has 9 heteroatoms. The highest BCUT2D eigenvalue weighted by Gasteiger charge is 2.31. The summed E-state index contributed by atoms with van der Waals surface area (Å²) in [5.74, 6) is -0.659. The minimum atomic E-state index is -4.62. The first kappa shape index (κ1) is 20.1. The van der Waals surface area contributed by atoms with Crippen LogP contribution in [0.25, 0.3) is 5.82 Å². The normalized spacial score (nSPS) is 14.3. The molecule has 1 saturated heterocycles. The molecule has 0 saturated carbocycles. The highest BCUT2D eigenvalue weighted by molar-refractivity contribution is 5.92. The summed E-state index contributed by atoms with van der Waals surface area (Å²) in [5, 5.41) is 4.29. The highest BCUT2D eigenvalue weighted by Crippen LogP contribution is 2.31. The molecular formula is C21H18F4N4O. The lowest BCUT2D eigenvalue weighted by molar-refractivity contribution is -0.137. The maximum Gasteiger partial charge on any atom is 0.416 e. The van der Waals surface area contributed by atoms with Gasteiger partial charge in [0.1, 0.15) is 5.82 Å². The van der Waals surface area contributed by atoms with Crippen molar-refractivity contribution in [1.29, 1.82) is 0 Å². The van der Waals surface area contributed by atoms with E-state index < -0.39 is 17.6 Å². The van der Waals surface area contributed by atoms with Gasteiger partial charge in [-0.1, -0.05) is 0 Å². The highest BCUT2D eigenvalue weighted by atomic mass is 19.4. The van der Waals surface area contributed by atoms with Gasteiger partial charge < -0.3 is 4.90 Å². The van der Waals surface area contributed by atoms with Crippen molar-refractivity contribution in [3.8, 4) is 5.82 Å². The van der Waals surface area contributed by atoms with Gasteiger partial charge in [-0.3, -0.25) is 4.79 Å². The lowest BCUT2D eigenvalue weighted by atomic mass is 10.0. The minimum absolute atomic E-state index is 0.0944. The molecule has 1 amide bonds. The van der Waals surface area contributed by atoms with Crippen LogP contribution < -0.4 is 0 Å². The molecule has 0 bridgehead atoms. The Kier molecular flexibility index (Phi) is 5.27. The molecule has 1 fully saturated rings. The zero-order chi connectivity index (χ0) is 21.3. The molecule has 0 atom stereocenters. The third-order valence-corrected chi connectivity index (χ3v) is 4.94. The summed E-state index contributed by atoms with van der Waals surface area (Å²) in [4.78, 5) is 18.4. The number of pyridine rings is 1. The lowest BCUT2D eigenvalue weighted by Gasteiger charge is -2.12. The van der Waals surface area contributed by atoms with Gasteiger partial charge >= 0.3 is 6.18 Å². The van der Waals surface area contributed by atoms with Gasteiger partial charge in [0.15, 0.2) is 11.5 Å². The Balaban J connectivity index is 1.55. The average Bonchev–Trinajstić information content (AvgIpc) is 3.39. The molecule has 5 nitrogen and oxygen atoms in total. The van der Waals surface area contributed by atoms with Gasteiger partial charge in [0.05, 0.1) is 5.56 Å². The molecule has 3 aromatic rings. The van der Waals surface area contributed by atoms with Crippen molar-refractivity contribution >= 4 is 5.91 Å². The quantitative estimate of drug-likeness (QED) is 0.596. The van der Waals surface area contributed by atoms with Gasteiger partial charge in [-0.15, -0.1) is 0 Å². The van der Waals surface area contributed by atoms with Crippen LogP contribution in [-0.4, -0.2) is 38.7 Å². The molecular weight excluding hydrogens is 400 g/mol. The van der Waals surface area contributed by atoms with Crippen LogP contribution in [0.1, 0.15) is 40.0 Å². The van der Waals surface area contributed by atoms with Crippen molar-refractivity contribution in [2.45, 2.75) is 25.4 Å². The van der Waals surface area contributed by atoms with Gasteiger partial charge in [0.25, 0.3) is 5.91 Å². The molecule has 0 spiro atoms. The van der Waals surface area contributed by atoms with E-state index in [0.29, 0.717) is 36.2 Å².